The molecule has 0 bridgehead atoms. The summed E-state index contributed by atoms with van der Waals surface area (Å²) in [5, 5.41) is 12.8. The summed E-state index contributed by atoms with van der Waals surface area (Å²) in [5.74, 6) is 1.28. The largest absolute Gasteiger partial charge is 0.333 e. The van der Waals surface area contributed by atoms with Crippen LogP contribution in [0.15, 0.2) is 132 Å². The van der Waals surface area contributed by atoms with E-state index in [0.29, 0.717) is 5.92 Å². The number of nitrogens with zero attached hydrogens (tertiary/aromatic N) is 4. The molecule has 0 N–H and O–H groups in total. The van der Waals surface area contributed by atoms with Gasteiger partial charge >= 0.3 is 0 Å². The van der Waals surface area contributed by atoms with Crippen molar-refractivity contribution >= 4 is 33.2 Å². The Labute approximate surface area is 233 Å². The number of aromatic nitrogens is 2. The normalized spacial score (nSPS) is 23.3. The molecule has 4 heteroatoms. The van der Waals surface area contributed by atoms with Crippen molar-refractivity contribution in [1.29, 1.82) is 5.26 Å². The molecule has 3 atom stereocenters. The number of hydrogen-bond acceptors (Lipinski definition) is 3. The second kappa shape index (κ2) is 9.10. The molecular formula is C36H28N4. The zero-order valence-corrected chi connectivity index (χ0v) is 22.1. The van der Waals surface area contributed by atoms with Gasteiger partial charge in [0.1, 0.15) is 5.82 Å². The summed E-state index contributed by atoms with van der Waals surface area (Å²) in [6, 6.07) is 24.2. The van der Waals surface area contributed by atoms with Crippen LogP contribution in [-0.4, -0.2) is 15.6 Å². The quantitative estimate of drug-likeness (QED) is 0.276. The van der Waals surface area contributed by atoms with E-state index in [1.807, 2.05) is 12.3 Å². The smallest absolute Gasteiger partial charge is 0.141 e. The van der Waals surface area contributed by atoms with Crippen LogP contribution >= 0.6 is 0 Å². The molecular weight excluding hydrogens is 488 g/mol. The lowest BCUT2D eigenvalue weighted by Crippen LogP contribution is -2.33. The van der Waals surface area contributed by atoms with E-state index in [0.717, 1.165) is 41.8 Å². The van der Waals surface area contributed by atoms with E-state index < -0.39 is 0 Å². The first kappa shape index (κ1) is 23.0. The molecule has 0 spiro atoms. The van der Waals surface area contributed by atoms with Gasteiger partial charge in [0.05, 0.1) is 23.7 Å². The number of fused-ring (bicyclic) bond motifs is 5. The SMILES string of the molecule is N#CC1=CCC(n2c3ccccc3c3ccccc32)C=C1c1cccnc1N1C2=C(CCC=C2)C2C=CC=CC21. The number of nitriles is 1. The van der Waals surface area contributed by atoms with Gasteiger partial charge in [-0.3, -0.25) is 0 Å². The van der Waals surface area contributed by atoms with Crippen molar-refractivity contribution in [2.75, 3.05) is 4.90 Å². The van der Waals surface area contributed by atoms with Gasteiger partial charge in [-0.15, -0.1) is 0 Å². The fourth-order valence-electron chi connectivity index (χ4n) is 7.15. The molecule has 4 aromatic rings. The van der Waals surface area contributed by atoms with Crippen molar-refractivity contribution in [1.82, 2.24) is 9.55 Å². The third-order valence-electron chi connectivity index (χ3n) is 8.84. The maximum absolute atomic E-state index is 10.3. The van der Waals surface area contributed by atoms with Crippen molar-refractivity contribution in [3.63, 3.8) is 0 Å². The summed E-state index contributed by atoms with van der Waals surface area (Å²) < 4.78 is 2.44. The molecule has 3 aliphatic carbocycles. The zero-order chi connectivity index (χ0) is 26.6. The van der Waals surface area contributed by atoms with Crippen molar-refractivity contribution in [3.8, 4) is 6.07 Å². The molecule has 8 rings (SSSR count). The third-order valence-corrected chi connectivity index (χ3v) is 8.84. The Morgan fingerprint density at radius 2 is 1.68 bits per heavy atom. The van der Waals surface area contributed by atoms with Gasteiger partial charge in [-0.25, -0.2) is 4.98 Å². The van der Waals surface area contributed by atoms with Crippen LogP contribution in [-0.2, 0) is 0 Å². The van der Waals surface area contributed by atoms with Crippen LogP contribution in [0.5, 0.6) is 0 Å². The summed E-state index contributed by atoms with van der Waals surface area (Å²) >= 11 is 0. The fourth-order valence-corrected chi connectivity index (χ4v) is 7.15. The molecule has 0 radical (unpaired) electrons. The van der Waals surface area contributed by atoms with E-state index in [2.05, 4.69) is 119 Å². The van der Waals surface area contributed by atoms with Crippen molar-refractivity contribution in [3.05, 3.63) is 138 Å². The first-order valence-corrected chi connectivity index (χ1v) is 14.1. The van der Waals surface area contributed by atoms with Crippen LogP contribution in [0, 0.1) is 17.2 Å². The Balaban J connectivity index is 1.31. The molecule has 4 aliphatic rings. The molecule has 4 nitrogen and oxygen atoms in total. The molecule has 3 unspecified atom stereocenters. The van der Waals surface area contributed by atoms with Crippen LogP contribution in [0.3, 0.4) is 0 Å². The van der Waals surface area contributed by atoms with Crippen molar-refractivity contribution < 1.29 is 0 Å². The number of hydrogen-bond donors (Lipinski definition) is 0. The Morgan fingerprint density at radius 3 is 2.48 bits per heavy atom. The van der Waals surface area contributed by atoms with Crippen LogP contribution < -0.4 is 4.90 Å². The minimum Gasteiger partial charge on any atom is -0.333 e. The lowest BCUT2D eigenvalue weighted by molar-refractivity contribution is 0.647. The summed E-state index contributed by atoms with van der Waals surface area (Å²) in [7, 11) is 0. The van der Waals surface area contributed by atoms with E-state index in [1.165, 1.54) is 33.1 Å². The molecule has 1 aliphatic heterocycles. The molecule has 40 heavy (non-hydrogen) atoms. The zero-order valence-electron chi connectivity index (χ0n) is 22.1. The molecule has 2 aromatic carbocycles. The van der Waals surface area contributed by atoms with Crippen molar-refractivity contribution in [2.45, 2.75) is 31.3 Å². The molecule has 0 amide bonds. The van der Waals surface area contributed by atoms with E-state index in [1.54, 1.807) is 0 Å². The van der Waals surface area contributed by atoms with Gasteiger partial charge in [0.15, 0.2) is 0 Å². The Kier molecular flexibility index (Phi) is 5.24. The number of rotatable bonds is 3. The molecule has 2 aromatic heterocycles. The maximum atomic E-state index is 10.3. The molecule has 0 saturated carbocycles. The van der Waals surface area contributed by atoms with Gasteiger partial charge in [-0.1, -0.05) is 78.9 Å². The Morgan fingerprint density at radius 1 is 0.900 bits per heavy atom. The van der Waals surface area contributed by atoms with Gasteiger partial charge in [0.25, 0.3) is 0 Å². The Bertz CT molecular complexity index is 1870. The average molecular weight is 517 g/mol. The van der Waals surface area contributed by atoms with E-state index in [9.17, 15) is 5.26 Å². The van der Waals surface area contributed by atoms with Crippen molar-refractivity contribution in [2.24, 2.45) is 5.92 Å². The maximum Gasteiger partial charge on any atom is 0.141 e. The number of anilines is 1. The molecule has 0 fully saturated rings. The van der Waals surface area contributed by atoms with Gasteiger partial charge in [0, 0.05) is 50.8 Å². The number of pyridine rings is 1. The van der Waals surface area contributed by atoms with E-state index >= 15 is 0 Å². The highest BCUT2D eigenvalue weighted by Crippen LogP contribution is 2.47. The molecule has 3 heterocycles. The predicted molar refractivity (Wildman–Crippen MR) is 162 cm³/mol. The topological polar surface area (TPSA) is 44.9 Å². The van der Waals surface area contributed by atoms with E-state index in [4.69, 9.17) is 4.98 Å². The summed E-state index contributed by atoms with van der Waals surface area (Å²) in [5.41, 5.74) is 7.87. The fraction of sp³-hybridized carbons (Fsp3) is 0.167. The first-order valence-electron chi connectivity index (χ1n) is 14.1. The van der Waals surface area contributed by atoms with Gasteiger partial charge in [-0.2, -0.15) is 5.26 Å². The second-order valence-corrected chi connectivity index (χ2v) is 10.9. The van der Waals surface area contributed by atoms with Gasteiger partial charge in [-0.05, 0) is 55.2 Å². The highest BCUT2D eigenvalue weighted by atomic mass is 15.2. The van der Waals surface area contributed by atoms with Crippen LogP contribution in [0.4, 0.5) is 5.82 Å². The highest BCUT2D eigenvalue weighted by Gasteiger charge is 2.40. The second-order valence-electron chi connectivity index (χ2n) is 10.9. The lowest BCUT2D eigenvalue weighted by Gasteiger charge is -2.31. The molecule has 192 valence electrons. The summed E-state index contributed by atoms with van der Waals surface area (Å²) in [4.78, 5) is 7.40. The average Bonchev–Trinajstić information content (AvgIpc) is 3.54. The van der Waals surface area contributed by atoms with Gasteiger partial charge in [0.2, 0.25) is 0 Å². The van der Waals surface area contributed by atoms with E-state index in [-0.39, 0.29) is 12.1 Å². The summed E-state index contributed by atoms with van der Waals surface area (Å²) in [6.45, 7) is 0. The Hall–Kier alpha value is -4.88. The molecule has 0 saturated heterocycles. The van der Waals surface area contributed by atoms with Crippen LogP contribution in [0.25, 0.3) is 27.4 Å². The minimum absolute atomic E-state index is 0.0816. The first-order chi connectivity index (χ1) is 19.8. The number of benzene rings is 2. The minimum atomic E-state index is 0.0816. The summed E-state index contributed by atoms with van der Waals surface area (Å²) in [6.07, 6.45) is 22.7. The highest BCUT2D eigenvalue weighted by molar-refractivity contribution is 6.08. The third kappa shape index (κ3) is 3.34. The van der Waals surface area contributed by atoms with Crippen LogP contribution in [0.2, 0.25) is 0 Å². The standard InChI is InChI=1S/C36H28N4/c37-23-24-19-20-25(39-32-15-5-1-10-26(32)27-11-2-6-16-33(27)39)22-31(24)30-14-9-21-38-36(30)40-34-17-7-3-12-28(34)29-13-4-8-18-35(29)40/h1-3,5-12,14-19,21-22,25,28,34H,4,13,20H2. The van der Waals surface area contributed by atoms with Crippen LogP contribution in [0.1, 0.15) is 30.9 Å². The predicted octanol–water partition coefficient (Wildman–Crippen LogP) is 8.20. The lowest BCUT2D eigenvalue weighted by atomic mass is 9.87. The number of allylic oxidation sites excluding steroid dienone is 8. The number of para-hydroxylation sites is 2. The monoisotopic (exact) mass is 516 g/mol. The van der Waals surface area contributed by atoms with Gasteiger partial charge < -0.3 is 9.47 Å².